The maximum Gasteiger partial charge on any atom is 0.0658 e. The van der Waals surface area contributed by atoms with Crippen molar-refractivity contribution in [2.24, 2.45) is 11.8 Å². The van der Waals surface area contributed by atoms with E-state index in [2.05, 4.69) is 92.7 Å². The average molecular weight is 380 g/mol. The number of aryl methyl sites for hydroxylation is 1. The number of hydrogen-bond acceptors (Lipinski definition) is 1. The first-order valence-electron chi connectivity index (χ1n) is 10.9. The monoisotopic (exact) mass is 379 g/mol. The quantitative estimate of drug-likeness (QED) is 0.457. The van der Waals surface area contributed by atoms with Gasteiger partial charge in [0.15, 0.2) is 0 Å². The van der Waals surface area contributed by atoms with Crippen molar-refractivity contribution in [1.29, 1.82) is 5.26 Å². The molecule has 3 aromatic carbocycles. The maximum atomic E-state index is 9.40. The van der Waals surface area contributed by atoms with Gasteiger partial charge in [0.25, 0.3) is 0 Å². The Morgan fingerprint density at radius 2 is 1.24 bits per heavy atom. The molecule has 1 aliphatic carbocycles. The van der Waals surface area contributed by atoms with Crippen molar-refractivity contribution in [2.45, 2.75) is 45.4 Å². The van der Waals surface area contributed by atoms with Gasteiger partial charge < -0.3 is 0 Å². The summed E-state index contributed by atoms with van der Waals surface area (Å²) >= 11 is 0. The molecule has 0 heterocycles. The summed E-state index contributed by atoms with van der Waals surface area (Å²) < 4.78 is 0. The lowest BCUT2D eigenvalue weighted by molar-refractivity contribution is 0.283. The maximum absolute atomic E-state index is 9.40. The lowest BCUT2D eigenvalue weighted by atomic mass is 9.73. The SMILES string of the molecule is CCc1ccc(-c2ccc(-c3ccc(C4CCC(C)C(C#N)C4)cc3)cc2)cc1. The van der Waals surface area contributed by atoms with Crippen LogP contribution < -0.4 is 0 Å². The zero-order valence-electron chi connectivity index (χ0n) is 17.4. The molecule has 1 fully saturated rings. The second kappa shape index (κ2) is 8.66. The van der Waals surface area contributed by atoms with Gasteiger partial charge in [-0.15, -0.1) is 0 Å². The molecule has 29 heavy (non-hydrogen) atoms. The van der Waals surface area contributed by atoms with Crippen molar-refractivity contribution in [3.63, 3.8) is 0 Å². The number of nitriles is 1. The first kappa shape index (κ1) is 19.5. The zero-order chi connectivity index (χ0) is 20.2. The number of nitrogens with zero attached hydrogens (tertiary/aromatic N) is 1. The van der Waals surface area contributed by atoms with Crippen LogP contribution in [0.2, 0.25) is 0 Å². The molecule has 0 amide bonds. The Hall–Kier alpha value is -2.85. The van der Waals surface area contributed by atoms with E-state index in [9.17, 15) is 5.26 Å². The molecule has 0 spiro atoms. The van der Waals surface area contributed by atoms with Crippen molar-refractivity contribution < 1.29 is 0 Å². The highest BCUT2D eigenvalue weighted by Crippen LogP contribution is 2.39. The molecule has 0 bridgehead atoms. The molecule has 3 atom stereocenters. The molecule has 0 N–H and O–H groups in total. The number of hydrogen-bond donors (Lipinski definition) is 0. The van der Waals surface area contributed by atoms with Gasteiger partial charge in [0.05, 0.1) is 6.07 Å². The molecule has 3 unspecified atom stereocenters. The fourth-order valence-corrected chi connectivity index (χ4v) is 4.54. The van der Waals surface area contributed by atoms with Gasteiger partial charge in [-0.1, -0.05) is 86.6 Å². The molecule has 1 saturated carbocycles. The highest BCUT2D eigenvalue weighted by Gasteiger charge is 2.28. The minimum Gasteiger partial charge on any atom is -0.198 e. The summed E-state index contributed by atoms with van der Waals surface area (Å²) in [5.41, 5.74) is 7.78. The third-order valence-electron chi connectivity index (χ3n) is 6.66. The average Bonchev–Trinajstić information content (AvgIpc) is 2.80. The fourth-order valence-electron chi connectivity index (χ4n) is 4.54. The Kier molecular flexibility index (Phi) is 5.81. The lowest BCUT2D eigenvalue weighted by Crippen LogP contribution is -2.20. The number of benzene rings is 3. The molecule has 3 aromatic rings. The fraction of sp³-hybridized carbons (Fsp3) is 0.321. The molecule has 0 aliphatic heterocycles. The van der Waals surface area contributed by atoms with Crippen molar-refractivity contribution in [1.82, 2.24) is 0 Å². The van der Waals surface area contributed by atoms with Gasteiger partial charge in [0.2, 0.25) is 0 Å². The zero-order valence-corrected chi connectivity index (χ0v) is 17.4. The molecule has 1 aliphatic rings. The van der Waals surface area contributed by atoms with Gasteiger partial charge in [-0.3, -0.25) is 0 Å². The van der Waals surface area contributed by atoms with E-state index in [1.165, 1.54) is 39.8 Å². The van der Waals surface area contributed by atoms with Crippen LogP contribution >= 0.6 is 0 Å². The van der Waals surface area contributed by atoms with E-state index in [1.54, 1.807) is 0 Å². The topological polar surface area (TPSA) is 23.8 Å². The minimum absolute atomic E-state index is 0.201. The van der Waals surface area contributed by atoms with Gasteiger partial charge in [-0.05, 0) is 70.9 Å². The van der Waals surface area contributed by atoms with Gasteiger partial charge in [-0.25, -0.2) is 0 Å². The molecule has 146 valence electrons. The smallest absolute Gasteiger partial charge is 0.0658 e. The van der Waals surface area contributed by atoms with E-state index in [-0.39, 0.29) is 5.92 Å². The summed E-state index contributed by atoms with van der Waals surface area (Å²) in [7, 11) is 0. The van der Waals surface area contributed by atoms with Gasteiger partial charge >= 0.3 is 0 Å². The molecule has 1 heteroatoms. The molecule has 0 radical (unpaired) electrons. The van der Waals surface area contributed by atoms with Crippen LogP contribution in [0.3, 0.4) is 0 Å². The molecule has 0 aromatic heterocycles. The van der Waals surface area contributed by atoms with Crippen molar-refractivity contribution in [3.8, 4) is 28.3 Å². The van der Waals surface area contributed by atoms with Crippen LogP contribution in [0.4, 0.5) is 0 Å². The van der Waals surface area contributed by atoms with Crippen molar-refractivity contribution in [2.75, 3.05) is 0 Å². The minimum atomic E-state index is 0.201. The molecule has 1 nitrogen and oxygen atoms in total. The Labute approximate surface area is 175 Å². The van der Waals surface area contributed by atoms with E-state index < -0.39 is 0 Å². The van der Waals surface area contributed by atoms with E-state index >= 15 is 0 Å². The van der Waals surface area contributed by atoms with E-state index in [4.69, 9.17) is 0 Å². The van der Waals surface area contributed by atoms with Crippen LogP contribution in [0, 0.1) is 23.2 Å². The van der Waals surface area contributed by atoms with E-state index in [1.807, 2.05) is 0 Å². The molecule has 4 rings (SSSR count). The summed E-state index contributed by atoms with van der Waals surface area (Å²) in [5, 5.41) is 9.40. The van der Waals surface area contributed by atoms with Crippen LogP contribution in [0.5, 0.6) is 0 Å². The summed E-state index contributed by atoms with van der Waals surface area (Å²) in [4.78, 5) is 0. The first-order chi connectivity index (χ1) is 14.2. The molecule has 0 saturated heterocycles. The van der Waals surface area contributed by atoms with Crippen LogP contribution in [0.25, 0.3) is 22.3 Å². The Bertz CT molecular complexity index is 974. The number of rotatable bonds is 4. The van der Waals surface area contributed by atoms with Crippen LogP contribution in [0.15, 0.2) is 72.8 Å². The highest BCUT2D eigenvalue weighted by molar-refractivity contribution is 5.70. The van der Waals surface area contributed by atoms with Crippen LogP contribution in [-0.4, -0.2) is 0 Å². The summed E-state index contributed by atoms with van der Waals surface area (Å²) in [5.74, 6) is 1.26. The van der Waals surface area contributed by atoms with Gasteiger partial charge in [-0.2, -0.15) is 5.26 Å². The summed E-state index contributed by atoms with van der Waals surface area (Å²) in [6, 6.07) is 29.2. The normalized spacial score (nSPS) is 21.5. The largest absolute Gasteiger partial charge is 0.198 e. The van der Waals surface area contributed by atoms with E-state index in [0.29, 0.717) is 11.8 Å². The van der Waals surface area contributed by atoms with Crippen LogP contribution in [0.1, 0.15) is 50.2 Å². The molecular weight excluding hydrogens is 350 g/mol. The molecular formula is C28H29N. The predicted molar refractivity (Wildman–Crippen MR) is 122 cm³/mol. The predicted octanol–water partition coefficient (Wildman–Crippen LogP) is 7.63. The second-order valence-corrected chi connectivity index (χ2v) is 8.47. The summed E-state index contributed by atoms with van der Waals surface area (Å²) in [6.07, 6.45) is 4.43. The van der Waals surface area contributed by atoms with Gasteiger partial charge in [0, 0.05) is 5.92 Å². The van der Waals surface area contributed by atoms with E-state index in [0.717, 1.165) is 19.3 Å². The van der Waals surface area contributed by atoms with Crippen LogP contribution in [-0.2, 0) is 6.42 Å². The highest BCUT2D eigenvalue weighted by atomic mass is 14.4. The Morgan fingerprint density at radius 3 is 1.72 bits per heavy atom. The standard InChI is InChI=1S/C28H29N/c1-3-21-5-8-22(9-6-21)23-10-12-24(13-11-23)25-14-16-26(17-15-25)27-7-4-20(2)28(18-27)19-29/h5-6,8-17,20,27-28H,3-4,7,18H2,1-2H3. The Morgan fingerprint density at radius 1 is 0.759 bits per heavy atom. The van der Waals surface area contributed by atoms with Gasteiger partial charge in [0.1, 0.15) is 0 Å². The first-order valence-corrected chi connectivity index (χ1v) is 10.9. The van der Waals surface area contributed by atoms with Crippen molar-refractivity contribution >= 4 is 0 Å². The third kappa shape index (κ3) is 4.28. The third-order valence-corrected chi connectivity index (χ3v) is 6.66. The second-order valence-electron chi connectivity index (χ2n) is 8.47. The van der Waals surface area contributed by atoms with Crippen molar-refractivity contribution in [3.05, 3.63) is 83.9 Å². The summed E-state index contributed by atoms with van der Waals surface area (Å²) in [6.45, 7) is 4.40. The lowest BCUT2D eigenvalue weighted by Gasteiger charge is -2.30. The Balaban J connectivity index is 1.48.